The number of nitrogens with one attached hydrogen (secondary N) is 2. The normalized spacial score (nSPS) is 16.4. The van der Waals surface area contributed by atoms with Gasteiger partial charge in [-0.15, -0.1) is 5.10 Å². The summed E-state index contributed by atoms with van der Waals surface area (Å²) in [6, 6.07) is 8.14. The van der Waals surface area contributed by atoms with Gasteiger partial charge < -0.3 is 5.32 Å². The Morgan fingerprint density at radius 1 is 1.40 bits per heavy atom. The predicted molar refractivity (Wildman–Crippen MR) is 100 cm³/mol. The minimum absolute atomic E-state index is 0.0847. The summed E-state index contributed by atoms with van der Waals surface area (Å²) in [5.41, 5.74) is 1.81. The van der Waals surface area contributed by atoms with Crippen LogP contribution in [0.5, 0.6) is 0 Å². The van der Waals surface area contributed by atoms with Gasteiger partial charge in [0.25, 0.3) is 0 Å². The van der Waals surface area contributed by atoms with E-state index >= 15 is 0 Å². The van der Waals surface area contributed by atoms with Gasteiger partial charge in [0.05, 0.1) is 5.25 Å². The van der Waals surface area contributed by atoms with Gasteiger partial charge >= 0.3 is 5.69 Å². The van der Waals surface area contributed by atoms with Crippen LogP contribution in [-0.4, -0.2) is 25.9 Å². The van der Waals surface area contributed by atoms with Crippen molar-refractivity contribution in [1.29, 1.82) is 0 Å². The second-order valence-electron chi connectivity index (χ2n) is 6.56. The van der Waals surface area contributed by atoms with Crippen LogP contribution in [0.2, 0.25) is 0 Å². The quantitative estimate of drug-likeness (QED) is 0.740. The van der Waals surface area contributed by atoms with Crippen molar-refractivity contribution in [3.8, 4) is 0 Å². The Morgan fingerprint density at radius 3 is 2.80 bits per heavy atom. The van der Waals surface area contributed by atoms with E-state index in [2.05, 4.69) is 35.4 Å². The maximum atomic E-state index is 12.6. The number of H-pyrrole nitrogens is 1. The van der Waals surface area contributed by atoms with Crippen LogP contribution in [-0.2, 0) is 4.79 Å². The van der Waals surface area contributed by atoms with E-state index in [9.17, 15) is 9.59 Å². The summed E-state index contributed by atoms with van der Waals surface area (Å²) in [6.07, 6.45) is 3.00. The van der Waals surface area contributed by atoms with E-state index in [0.29, 0.717) is 11.1 Å². The minimum Gasteiger partial charge on any atom is -0.325 e. The van der Waals surface area contributed by atoms with Gasteiger partial charge in [0.15, 0.2) is 5.16 Å². The van der Waals surface area contributed by atoms with Gasteiger partial charge in [-0.3, -0.25) is 9.36 Å². The molecule has 7 heteroatoms. The topological polar surface area (TPSA) is 79.8 Å². The number of rotatable bonds is 7. The smallest absolute Gasteiger partial charge is 0.325 e. The molecule has 0 saturated heterocycles. The maximum absolute atomic E-state index is 12.6. The van der Waals surface area contributed by atoms with Crippen LogP contribution in [0.3, 0.4) is 0 Å². The SMILES string of the molecule is CC[C@H](C)c1ccccc1NC(=O)[C@H](C)Sc1n[nH]c(=O)n1C1CC1. The lowest BCUT2D eigenvalue weighted by Crippen LogP contribution is -2.24. The number of aromatic nitrogens is 3. The van der Waals surface area contributed by atoms with Crippen LogP contribution in [0.4, 0.5) is 5.69 Å². The van der Waals surface area contributed by atoms with Crippen molar-refractivity contribution < 1.29 is 4.79 Å². The summed E-state index contributed by atoms with van der Waals surface area (Å²) in [6.45, 7) is 6.12. The number of thioether (sulfide) groups is 1. The third-order valence-electron chi connectivity index (χ3n) is 4.60. The molecule has 1 amide bonds. The minimum atomic E-state index is -0.349. The van der Waals surface area contributed by atoms with E-state index in [-0.39, 0.29) is 22.9 Å². The number of aromatic amines is 1. The molecule has 1 saturated carbocycles. The second-order valence-corrected chi connectivity index (χ2v) is 7.87. The molecule has 1 fully saturated rings. The number of benzene rings is 1. The van der Waals surface area contributed by atoms with E-state index in [1.807, 2.05) is 25.1 Å². The highest BCUT2D eigenvalue weighted by Gasteiger charge is 2.30. The molecule has 0 unspecified atom stereocenters. The van der Waals surface area contributed by atoms with Gasteiger partial charge in [-0.05, 0) is 43.7 Å². The first kappa shape index (κ1) is 17.8. The number of anilines is 1. The number of hydrogen-bond acceptors (Lipinski definition) is 4. The molecule has 1 heterocycles. The van der Waals surface area contributed by atoms with Gasteiger partial charge in [-0.25, -0.2) is 9.89 Å². The van der Waals surface area contributed by atoms with Gasteiger partial charge in [-0.2, -0.15) is 0 Å². The van der Waals surface area contributed by atoms with E-state index in [1.165, 1.54) is 11.8 Å². The van der Waals surface area contributed by atoms with E-state index in [4.69, 9.17) is 0 Å². The Kier molecular flexibility index (Phi) is 5.32. The highest BCUT2D eigenvalue weighted by molar-refractivity contribution is 8.00. The van der Waals surface area contributed by atoms with Crippen molar-refractivity contribution >= 4 is 23.4 Å². The number of nitrogens with zero attached hydrogens (tertiary/aromatic N) is 2. The average Bonchev–Trinajstić information content (AvgIpc) is 3.38. The maximum Gasteiger partial charge on any atom is 0.344 e. The zero-order chi connectivity index (χ0) is 18.0. The first-order valence-corrected chi connectivity index (χ1v) is 9.62. The molecule has 25 heavy (non-hydrogen) atoms. The van der Waals surface area contributed by atoms with Crippen LogP contribution in [0.15, 0.2) is 34.2 Å². The molecule has 1 aromatic carbocycles. The lowest BCUT2D eigenvalue weighted by Gasteiger charge is -2.17. The molecule has 0 aliphatic heterocycles. The van der Waals surface area contributed by atoms with Crippen LogP contribution >= 0.6 is 11.8 Å². The molecule has 2 aromatic rings. The summed E-state index contributed by atoms with van der Waals surface area (Å²) < 4.78 is 1.67. The highest BCUT2D eigenvalue weighted by Crippen LogP contribution is 2.37. The molecule has 1 aromatic heterocycles. The number of hydrogen-bond donors (Lipinski definition) is 2. The molecule has 0 radical (unpaired) electrons. The summed E-state index contributed by atoms with van der Waals surface area (Å²) in [5.74, 6) is 0.296. The Hall–Kier alpha value is -2.02. The predicted octanol–water partition coefficient (Wildman–Crippen LogP) is 3.54. The molecular weight excluding hydrogens is 336 g/mol. The molecule has 2 atom stereocenters. The molecule has 1 aliphatic carbocycles. The van der Waals surface area contributed by atoms with E-state index in [1.54, 1.807) is 4.57 Å². The number of para-hydroxylation sites is 1. The van der Waals surface area contributed by atoms with E-state index < -0.39 is 0 Å². The fraction of sp³-hybridized carbons (Fsp3) is 0.500. The Labute approximate surface area is 151 Å². The van der Waals surface area contributed by atoms with Crippen LogP contribution in [0.25, 0.3) is 0 Å². The third-order valence-corrected chi connectivity index (χ3v) is 5.66. The van der Waals surface area contributed by atoms with Crippen molar-refractivity contribution in [3.63, 3.8) is 0 Å². The number of carbonyl (C=O) groups is 1. The van der Waals surface area contributed by atoms with Gasteiger partial charge in [-0.1, -0.05) is 43.8 Å². The molecule has 2 N–H and O–H groups in total. The molecular formula is C18H24N4O2S. The molecule has 1 aliphatic rings. The van der Waals surface area contributed by atoms with Crippen molar-refractivity contribution in [2.45, 2.75) is 62.4 Å². The molecule has 0 bridgehead atoms. The van der Waals surface area contributed by atoms with E-state index in [0.717, 1.165) is 30.5 Å². The van der Waals surface area contributed by atoms with Crippen molar-refractivity contribution in [1.82, 2.24) is 14.8 Å². The molecule has 6 nitrogen and oxygen atoms in total. The van der Waals surface area contributed by atoms with Crippen molar-refractivity contribution in [2.75, 3.05) is 5.32 Å². The summed E-state index contributed by atoms with van der Waals surface area (Å²) in [5, 5.41) is 9.83. The monoisotopic (exact) mass is 360 g/mol. The zero-order valence-corrected chi connectivity index (χ0v) is 15.6. The van der Waals surface area contributed by atoms with Gasteiger partial charge in [0, 0.05) is 11.7 Å². The van der Waals surface area contributed by atoms with Crippen LogP contribution < -0.4 is 11.0 Å². The molecule has 134 valence electrons. The average molecular weight is 360 g/mol. The Morgan fingerprint density at radius 2 is 2.12 bits per heavy atom. The fourth-order valence-corrected chi connectivity index (χ4v) is 3.66. The van der Waals surface area contributed by atoms with Crippen LogP contribution in [0.1, 0.15) is 57.6 Å². The van der Waals surface area contributed by atoms with Crippen molar-refractivity contribution in [2.24, 2.45) is 0 Å². The number of carbonyl (C=O) groups excluding carboxylic acids is 1. The lowest BCUT2D eigenvalue weighted by atomic mass is 9.97. The largest absolute Gasteiger partial charge is 0.344 e. The highest BCUT2D eigenvalue weighted by atomic mass is 32.2. The van der Waals surface area contributed by atoms with Gasteiger partial charge in [0.1, 0.15) is 0 Å². The zero-order valence-electron chi connectivity index (χ0n) is 14.8. The lowest BCUT2D eigenvalue weighted by molar-refractivity contribution is -0.115. The van der Waals surface area contributed by atoms with Crippen LogP contribution in [0, 0.1) is 0 Å². The summed E-state index contributed by atoms with van der Waals surface area (Å²) in [7, 11) is 0. The van der Waals surface area contributed by atoms with Crippen molar-refractivity contribution in [3.05, 3.63) is 40.3 Å². The Bertz CT molecular complexity index is 809. The molecule has 0 spiro atoms. The first-order chi connectivity index (χ1) is 12.0. The van der Waals surface area contributed by atoms with Gasteiger partial charge in [0.2, 0.25) is 5.91 Å². The summed E-state index contributed by atoms with van der Waals surface area (Å²) in [4.78, 5) is 24.5. The third kappa shape index (κ3) is 3.98. The molecule has 3 rings (SSSR count). The fourth-order valence-electron chi connectivity index (χ4n) is 2.73. The standard InChI is InChI=1S/C18H24N4O2S/c1-4-11(2)14-7-5-6-8-15(14)19-16(23)12(3)25-18-21-20-17(24)22(18)13-9-10-13/h5-8,11-13H,4,9-10H2,1-3H3,(H,19,23)(H,20,24)/t11-,12-/m0/s1. The first-order valence-electron chi connectivity index (χ1n) is 8.74. The second kappa shape index (κ2) is 7.47. The Balaban J connectivity index is 1.71. The number of amides is 1. The summed E-state index contributed by atoms with van der Waals surface area (Å²) >= 11 is 1.32.